The third kappa shape index (κ3) is 3.66. The molecular weight excluding hydrogens is 336 g/mol. The van der Waals surface area contributed by atoms with Gasteiger partial charge < -0.3 is 29.2 Å². The van der Waals surface area contributed by atoms with Crippen molar-refractivity contribution >= 4 is 0 Å². The summed E-state index contributed by atoms with van der Waals surface area (Å²) in [6.45, 7) is 0.210. The zero-order valence-electron chi connectivity index (χ0n) is 14.2. The van der Waals surface area contributed by atoms with E-state index in [0.717, 1.165) is 11.1 Å². The van der Waals surface area contributed by atoms with Crippen LogP contribution in [-0.4, -0.2) is 47.8 Å². The second-order valence-corrected chi connectivity index (χ2v) is 6.49. The molecule has 6 nitrogen and oxygen atoms in total. The van der Waals surface area contributed by atoms with Gasteiger partial charge in [-0.3, -0.25) is 0 Å². The number of aliphatic hydroxyl groups excluding tert-OH is 2. The lowest BCUT2D eigenvalue weighted by molar-refractivity contribution is -0.331. The van der Waals surface area contributed by atoms with Crippen molar-refractivity contribution in [2.75, 3.05) is 13.2 Å². The Hall–Kier alpha value is -1.80. The summed E-state index contributed by atoms with van der Waals surface area (Å²) in [5.41, 5.74) is 1.70. The summed E-state index contributed by atoms with van der Waals surface area (Å²) < 4.78 is 23.1. The van der Waals surface area contributed by atoms with Crippen molar-refractivity contribution in [3.8, 4) is 0 Å². The van der Waals surface area contributed by atoms with E-state index in [1.807, 2.05) is 60.7 Å². The van der Waals surface area contributed by atoms with Crippen LogP contribution in [0.25, 0.3) is 0 Å². The molecule has 0 amide bonds. The van der Waals surface area contributed by atoms with E-state index in [2.05, 4.69) is 0 Å². The minimum absolute atomic E-state index is 0.105. The summed E-state index contributed by atoms with van der Waals surface area (Å²) in [5.74, 6) is 0. The molecule has 2 unspecified atom stereocenters. The predicted octanol–water partition coefficient (Wildman–Crippen LogP) is 1.94. The maximum absolute atomic E-state index is 10.4. The van der Waals surface area contributed by atoms with Crippen molar-refractivity contribution in [2.24, 2.45) is 0 Å². The Balaban J connectivity index is 1.51. The van der Waals surface area contributed by atoms with Crippen LogP contribution in [0.1, 0.15) is 23.7 Å². The van der Waals surface area contributed by atoms with Gasteiger partial charge >= 0.3 is 0 Å². The van der Waals surface area contributed by atoms with Gasteiger partial charge in [-0.15, -0.1) is 0 Å². The van der Waals surface area contributed by atoms with Gasteiger partial charge in [0.25, 0.3) is 0 Å². The van der Waals surface area contributed by atoms with Crippen LogP contribution < -0.4 is 0 Å². The topological polar surface area (TPSA) is 77.4 Å². The molecule has 0 aromatic heterocycles. The predicted molar refractivity (Wildman–Crippen MR) is 92.0 cm³/mol. The molecule has 2 aromatic carbocycles. The number of rotatable bonds is 3. The summed E-state index contributed by atoms with van der Waals surface area (Å²) in [7, 11) is 0. The van der Waals surface area contributed by atoms with E-state index in [1.165, 1.54) is 0 Å². The third-order valence-corrected chi connectivity index (χ3v) is 4.62. The van der Waals surface area contributed by atoms with Gasteiger partial charge in [0.05, 0.1) is 13.2 Å². The average molecular weight is 358 g/mol. The minimum Gasteiger partial charge on any atom is -0.388 e. The van der Waals surface area contributed by atoms with Crippen molar-refractivity contribution in [3.63, 3.8) is 0 Å². The number of benzene rings is 2. The Morgan fingerprint density at radius 1 is 0.615 bits per heavy atom. The second kappa shape index (κ2) is 7.84. The maximum atomic E-state index is 10.4. The molecule has 2 N–H and O–H groups in total. The van der Waals surface area contributed by atoms with Gasteiger partial charge in [0.2, 0.25) is 0 Å². The third-order valence-electron chi connectivity index (χ3n) is 4.62. The smallest absolute Gasteiger partial charge is 0.184 e. The van der Waals surface area contributed by atoms with Gasteiger partial charge in [-0.1, -0.05) is 60.7 Å². The second-order valence-electron chi connectivity index (χ2n) is 6.49. The lowest BCUT2D eigenvalue weighted by atomic mass is 10.0. The molecule has 0 aliphatic carbocycles. The van der Waals surface area contributed by atoms with E-state index in [4.69, 9.17) is 18.9 Å². The van der Waals surface area contributed by atoms with Gasteiger partial charge in [0, 0.05) is 11.1 Å². The molecule has 2 aromatic rings. The maximum Gasteiger partial charge on any atom is 0.184 e. The number of hydrogen-bond donors (Lipinski definition) is 2. The highest BCUT2D eigenvalue weighted by atomic mass is 16.7. The zero-order valence-corrected chi connectivity index (χ0v) is 14.2. The highest BCUT2D eigenvalue weighted by Crippen LogP contribution is 2.34. The van der Waals surface area contributed by atoms with Gasteiger partial charge in [-0.05, 0) is 0 Å². The van der Waals surface area contributed by atoms with Crippen LogP contribution in [0.2, 0.25) is 0 Å². The molecule has 0 spiro atoms. The Morgan fingerprint density at radius 2 is 1.00 bits per heavy atom. The van der Waals surface area contributed by atoms with Crippen molar-refractivity contribution in [1.29, 1.82) is 0 Å². The van der Waals surface area contributed by atoms with E-state index in [-0.39, 0.29) is 13.2 Å². The number of ether oxygens (including phenoxy) is 4. The van der Waals surface area contributed by atoms with Crippen molar-refractivity contribution in [2.45, 2.75) is 37.0 Å². The summed E-state index contributed by atoms with van der Waals surface area (Å²) in [5, 5.41) is 20.8. The molecule has 26 heavy (non-hydrogen) atoms. The molecule has 0 saturated carbocycles. The van der Waals surface area contributed by atoms with E-state index in [9.17, 15) is 10.2 Å². The largest absolute Gasteiger partial charge is 0.388 e. The van der Waals surface area contributed by atoms with Crippen LogP contribution in [0.15, 0.2) is 60.7 Å². The lowest BCUT2D eigenvalue weighted by Crippen LogP contribution is -2.55. The SMILES string of the molecule is O[C@H]1CO[C@@H](c2ccccc2)OC1C1O[C@H](c2ccccc2)OC[C@@H]1O. The van der Waals surface area contributed by atoms with Gasteiger partial charge in [0.15, 0.2) is 12.6 Å². The Kier molecular flexibility index (Phi) is 5.31. The van der Waals surface area contributed by atoms with Crippen molar-refractivity contribution in [3.05, 3.63) is 71.8 Å². The Morgan fingerprint density at radius 3 is 1.38 bits per heavy atom. The molecule has 0 bridgehead atoms. The Bertz CT molecular complexity index is 632. The van der Waals surface area contributed by atoms with Crippen LogP contribution in [-0.2, 0) is 18.9 Å². The fraction of sp³-hybridized carbons (Fsp3) is 0.400. The molecular formula is C20H22O6. The van der Waals surface area contributed by atoms with E-state index in [1.54, 1.807) is 0 Å². The van der Waals surface area contributed by atoms with Gasteiger partial charge in [-0.2, -0.15) is 0 Å². The van der Waals surface area contributed by atoms with Crippen LogP contribution in [0.3, 0.4) is 0 Å². The van der Waals surface area contributed by atoms with Crippen LogP contribution in [0.5, 0.6) is 0 Å². The molecule has 6 heteroatoms. The number of aliphatic hydroxyl groups is 2. The van der Waals surface area contributed by atoms with Crippen molar-refractivity contribution in [1.82, 2.24) is 0 Å². The molecule has 2 saturated heterocycles. The summed E-state index contributed by atoms with van der Waals surface area (Å²) in [4.78, 5) is 0. The monoisotopic (exact) mass is 358 g/mol. The first-order valence-electron chi connectivity index (χ1n) is 8.72. The van der Waals surface area contributed by atoms with E-state index < -0.39 is 37.0 Å². The molecule has 2 aliphatic heterocycles. The Labute approximate surface area is 151 Å². The van der Waals surface area contributed by atoms with Crippen molar-refractivity contribution < 1.29 is 29.2 Å². The minimum atomic E-state index is -0.899. The van der Waals surface area contributed by atoms with Gasteiger partial charge in [0.1, 0.15) is 24.4 Å². The summed E-state index contributed by atoms with van der Waals surface area (Å²) in [6, 6.07) is 19.0. The molecule has 6 atom stereocenters. The summed E-state index contributed by atoms with van der Waals surface area (Å²) in [6.07, 6.45) is -4.47. The average Bonchev–Trinajstić information content (AvgIpc) is 2.70. The molecule has 138 valence electrons. The standard InChI is InChI=1S/C20H22O6/c21-15-11-23-19(13-7-3-1-4-8-13)25-17(15)18-16(22)12-24-20(26-18)14-9-5-2-6-10-14/h1-10,15-22H,11-12H2/t15-,16-,17?,18?,19+,20+/m0/s1. The quantitative estimate of drug-likeness (QED) is 0.873. The zero-order chi connectivity index (χ0) is 17.9. The van der Waals surface area contributed by atoms with Crippen LogP contribution in [0.4, 0.5) is 0 Å². The first-order chi connectivity index (χ1) is 12.7. The van der Waals surface area contributed by atoms with Crippen LogP contribution in [0, 0.1) is 0 Å². The highest BCUT2D eigenvalue weighted by Gasteiger charge is 2.44. The lowest BCUT2D eigenvalue weighted by Gasteiger charge is -2.43. The number of hydrogen-bond acceptors (Lipinski definition) is 6. The fourth-order valence-corrected chi connectivity index (χ4v) is 3.27. The molecule has 0 radical (unpaired) electrons. The van der Waals surface area contributed by atoms with E-state index in [0.29, 0.717) is 0 Å². The first-order valence-corrected chi connectivity index (χ1v) is 8.72. The first kappa shape index (κ1) is 17.6. The molecule has 2 heterocycles. The van der Waals surface area contributed by atoms with Gasteiger partial charge in [-0.25, -0.2) is 0 Å². The fourth-order valence-electron chi connectivity index (χ4n) is 3.27. The van der Waals surface area contributed by atoms with E-state index >= 15 is 0 Å². The summed E-state index contributed by atoms with van der Waals surface area (Å²) >= 11 is 0. The molecule has 2 fully saturated rings. The normalized spacial score (nSPS) is 35.2. The van der Waals surface area contributed by atoms with Crippen LogP contribution >= 0.6 is 0 Å². The molecule has 2 aliphatic rings. The molecule has 4 rings (SSSR count). The highest BCUT2D eigenvalue weighted by molar-refractivity contribution is 5.18.